The van der Waals surface area contributed by atoms with Crippen molar-refractivity contribution in [1.82, 2.24) is 0 Å². The molecule has 0 radical (unpaired) electrons. The van der Waals surface area contributed by atoms with Gasteiger partial charge in [-0.3, -0.25) is 0 Å². The van der Waals surface area contributed by atoms with Gasteiger partial charge in [-0.15, -0.1) is 0 Å². The number of nitrogens with zero attached hydrogens (tertiary/aromatic N) is 1. The molecule has 0 spiro atoms. The molecule has 2 aliphatic carbocycles. The Labute approximate surface area is 455 Å². The lowest BCUT2D eigenvalue weighted by Gasteiger charge is -2.34. The highest BCUT2D eigenvalue weighted by Gasteiger charge is 2.46. The van der Waals surface area contributed by atoms with Gasteiger partial charge >= 0.3 is 0 Å². The molecule has 0 saturated heterocycles. The lowest BCUT2D eigenvalue weighted by atomic mass is 9.67. The summed E-state index contributed by atoms with van der Waals surface area (Å²) in [5, 5.41) is 2.20. The maximum atomic E-state index is 7.14. The molecule has 2 aliphatic rings. The normalized spacial score (nSPS) is 13.5. The molecular weight excluding hydrogens is 943 g/mol. The Morgan fingerprint density at radius 2 is 0.679 bits per heavy atom. The third kappa shape index (κ3) is 6.96. The van der Waals surface area contributed by atoms with Crippen LogP contribution in [0.25, 0.3) is 88.7 Å². The van der Waals surface area contributed by atoms with E-state index in [1.807, 2.05) is 0 Å². The summed E-state index contributed by atoms with van der Waals surface area (Å²) in [5.41, 5.74) is 26.5. The van der Waals surface area contributed by atoms with E-state index in [0.29, 0.717) is 0 Å². The summed E-state index contributed by atoms with van der Waals surface area (Å²) in [6.07, 6.45) is 0. The second-order valence-corrected chi connectivity index (χ2v) is 21.5. The van der Waals surface area contributed by atoms with Crippen molar-refractivity contribution in [2.24, 2.45) is 0 Å². The standard InChI is InChI=1S/C76H53NO/c1-75(2)68-31-13-9-24-62(68)65-48-47-58(49-71(65)75)77(72-34-16-12-23-59(72)52-21-7-4-8-22-52)57-45-39-54(40-46-57)61-28-18-30-67-66-29-17-27-60(73(66)78-74(61)67)53-37-43-56(44-38-53)76(55-41-35-51(36-42-55)50-19-5-3-6-20-50)69-32-14-10-25-63(69)64-26-11-15-33-70(64)76/h3-49H,1-2H3. The molecule has 0 saturated carbocycles. The molecule has 1 aromatic heterocycles. The molecule has 0 fully saturated rings. The van der Waals surface area contributed by atoms with E-state index in [4.69, 9.17) is 4.42 Å². The van der Waals surface area contributed by atoms with Gasteiger partial charge in [0.05, 0.1) is 11.1 Å². The minimum absolute atomic E-state index is 0.139. The van der Waals surface area contributed by atoms with E-state index in [9.17, 15) is 0 Å². The fraction of sp³-hybridized carbons (Fsp3) is 0.0526. The van der Waals surface area contributed by atoms with Crippen LogP contribution in [0.3, 0.4) is 0 Å². The lowest BCUT2D eigenvalue weighted by Crippen LogP contribution is -2.28. The molecule has 0 atom stereocenters. The third-order valence-electron chi connectivity index (χ3n) is 17.0. The van der Waals surface area contributed by atoms with Crippen LogP contribution in [0.1, 0.15) is 47.2 Å². The number of rotatable bonds is 9. The molecule has 2 nitrogen and oxygen atoms in total. The molecule has 0 bridgehead atoms. The van der Waals surface area contributed by atoms with Gasteiger partial charge < -0.3 is 9.32 Å². The van der Waals surface area contributed by atoms with Crippen molar-refractivity contribution in [3.05, 3.63) is 318 Å². The van der Waals surface area contributed by atoms with Crippen molar-refractivity contribution in [1.29, 1.82) is 0 Å². The third-order valence-corrected chi connectivity index (χ3v) is 17.0. The fourth-order valence-corrected chi connectivity index (χ4v) is 13.3. The van der Waals surface area contributed by atoms with Gasteiger partial charge in [0.15, 0.2) is 0 Å². The average Bonchev–Trinajstić information content (AvgIpc) is 4.15. The van der Waals surface area contributed by atoms with Crippen molar-refractivity contribution >= 4 is 39.0 Å². The van der Waals surface area contributed by atoms with Crippen molar-refractivity contribution in [2.45, 2.75) is 24.7 Å². The van der Waals surface area contributed by atoms with Crippen LogP contribution >= 0.6 is 0 Å². The van der Waals surface area contributed by atoms with Crippen LogP contribution in [-0.2, 0) is 10.8 Å². The van der Waals surface area contributed by atoms with E-state index in [1.54, 1.807) is 0 Å². The monoisotopic (exact) mass is 995 g/mol. The largest absolute Gasteiger partial charge is 0.455 e. The molecule has 15 rings (SSSR count). The van der Waals surface area contributed by atoms with Crippen LogP contribution in [0.4, 0.5) is 17.1 Å². The number of fused-ring (bicyclic) bond motifs is 9. The zero-order valence-electron chi connectivity index (χ0n) is 43.5. The second-order valence-electron chi connectivity index (χ2n) is 21.5. The highest BCUT2D eigenvalue weighted by Crippen LogP contribution is 2.57. The summed E-state index contributed by atoms with van der Waals surface area (Å²) < 4.78 is 7.14. The first kappa shape index (κ1) is 45.6. The first-order chi connectivity index (χ1) is 38.4. The first-order valence-corrected chi connectivity index (χ1v) is 27.2. The highest BCUT2D eigenvalue weighted by molar-refractivity contribution is 6.13. The minimum Gasteiger partial charge on any atom is -0.455 e. The van der Waals surface area contributed by atoms with Crippen LogP contribution in [0.15, 0.2) is 290 Å². The van der Waals surface area contributed by atoms with E-state index < -0.39 is 5.41 Å². The van der Waals surface area contributed by atoms with Gasteiger partial charge in [0.1, 0.15) is 11.2 Å². The predicted molar refractivity (Wildman–Crippen MR) is 325 cm³/mol. The van der Waals surface area contributed by atoms with E-state index in [1.165, 1.54) is 77.9 Å². The molecule has 13 aromatic rings. The Morgan fingerprint density at radius 3 is 1.26 bits per heavy atom. The molecule has 368 valence electrons. The van der Waals surface area contributed by atoms with Gasteiger partial charge in [-0.05, 0) is 114 Å². The van der Waals surface area contributed by atoms with Crippen molar-refractivity contribution < 1.29 is 4.42 Å². The molecule has 0 amide bonds. The Balaban J connectivity index is 0.818. The quantitative estimate of drug-likeness (QED) is 0.143. The number of furan rings is 1. The van der Waals surface area contributed by atoms with Crippen LogP contribution in [0.5, 0.6) is 0 Å². The van der Waals surface area contributed by atoms with Crippen LogP contribution < -0.4 is 4.90 Å². The molecule has 1 heterocycles. The SMILES string of the molecule is CC1(C)c2ccccc2-c2ccc(N(c3ccc(-c4cccc5c4oc4c(-c6ccc(C7(c8ccc(-c9ccccc9)cc8)c8ccccc8-c8ccccc87)cc6)cccc45)cc3)c3ccccc3-c3ccccc3)cc21. The van der Waals surface area contributed by atoms with E-state index in [2.05, 4.69) is 304 Å². The fourth-order valence-electron chi connectivity index (χ4n) is 13.3. The average molecular weight is 996 g/mol. The number of hydrogen-bond acceptors (Lipinski definition) is 2. The minimum atomic E-state index is -0.510. The van der Waals surface area contributed by atoms with Crippen LogP contribution in [0, 0.1) is 0 Å². The topological polar surface area (TPSA) is 16.4 Å². The molecule has 12 aromatic carbocycles. The smallest absolute Gasteiger partial charge is 0.143 e. The number of para-hydroxylation sites is 3. The summed E-state index contributed by atoms with van der Waals surface area (Å²) in [6.45, 7) is 4.71. The summed E-state index contributed by atoms with van der Waals surface area (Å²) >= 11 is 0. The van der Waals surface area contributed by atoms with Gasteiger partial charge in [-0.1, -0.05) is 269 Å². The Hall–Kier alpha value is -9.76. The van der Waals surface area contributed by atoms with E-state index in [0.717, 1.165) is 61.3 Å². The molecule has 0 aliphatic heterocycles. The summed E-state index contributed by atoms with van der Waals surface area (Å²) in [6, 6.07) is 105. The van der Waals surface area contributed by atoms with Gasteiger partial charge in [0.2, 0.25) is 0 Å². The van der Waals surface area contributed by atoms with Gasteiger partial charge in [-0.2, -0.15) is 0 Å². The molecule has 0 unspecified atom stereocenters. The van der Waals surface area contributed by atoms with Crippen LogP contribution in [0.2, 0.25) is 0 Å². The number of anilines is 3. The van der Waals surface area contributed by atoms with Crippen molar-refractivity contribution in [3.63, 3.8) is 0 Å². The summed E-state index contributed by atoms with van der Waals surface area (Å²) in [7, 11) is 0. The lowest BCUT2D eigenvalue weighted by molar-refractivity contribution is 0.660. The van der Waals surface area contributed by atoms with Crippen molar-refractivity contribution in [2.75, 3.05) is 4.90 Å². The number of benzene rings is 12. The molecule has 2 heteroatoms. The zero-order valence-corrected chi connectivity index (χ0v) is 43.5. The summed E-state index contributed by atoms with van der Waals surface area (Å²) in [5.74, 6) is 0. The number of hydrogen-bond donors (Lipinski definition) is 0. The Bertz CT molecular complexity index is 4390. The maximum Gasteiger partial charge on any atom is 0.143 e. The van der Waals surface area contributed by atoms with Crippen molar-refractivity contribution in [3.8, 4) is 66.8 Å². The zero-order chi connectivity index (χ0) is 52.0. The van der Waals surface area contributed by atoms with E-state index >= 15 is 0 Å². The van der Waals surface area contributed by atoms with Gasteiger partial charge in [0, 0.05) is 44.3 Å². The predicted octanol–water partition coefficient (Wildman–Crippen LogP) is 20.4. The maximum absolute atomic E-state index is 7.14. The summed E-state index contributed by atoms with van der Waals surface area (Å²) in [4.78, 5) is 2.43. The molecule has 78 heavy (non-hydrogen) atoms. The van der Waals surface area contributed by atoms with Crippen LogP contribution in [-0.4, -0.2) is 0 Å². The molecule has 0 N–H and O–H groups in total. The Kier molecular flexibility index (Phi) is 10.5. The second kappa shape index (κ2) is 17.9. The first-order valence-electron chi connectivity index (χ1n) is 27.2. The van der Waals surface area contributed by atoms with E-state index in [-0.39, 0.29) is 5.41 Å². The molecular formula is C76H53NO. The Morgan fingerprint density at radius 1 is 0.282 bits per heavy atom. The van der Waals surface area contributed by atoms with Gasteiger partial charge in [0.25, 0.3) is 0 Å². The highest BCUT2D eigenvalue weighted by atomic mass is 16.3. The van der Waals surface area contributed by atoms with Gasteiger partial charge in [-0.25, -0.2) is 0 Å².